The fourth-order valence-electron chi connectivity index (χ4n) is 3.31. The third-order valence-electron chi connectivity index (χ3n) is 4.61. The van der Waals surface area contributed by atoms with Crippen LogP contribution >= 0.6 is 11.8 Å². The summed E-state index contributed by atoms with van der Waals surface area (Å²) in [6, 6.07) is 6.59. The van der Waals surface area contributed by atoms with E-state index < -0.39 is 23.1 Å². The van der Waals surface area contributed by atoms with Crippen LogP contribution in [0.15, 0.2) is 45.6 Å². The van der Waals surface area contributed by atoms with Gasteiger partial charge in [0.15, 0.2) is 5.69 Å². The summed E-state index contributed by atoms with van der Waals surface area (Å²) in [4.78, 5) is 39.0. The molecule has 160 valence electrons. The number of thioether (sulfide) groups is 1. The van der Waals surface area contributed by atoms with Crippen molar-refractivity contribution in [2.75, 3.05) is 19.5 Å². The highest BCUT2D eigenvalue weighted by atomic mass is 32.2. The zero-order chi connectivity index (χ0) is 22.1. The normalized spacial score (nSPS) is 16.3. The van der Waals surface area contributed by atoms with Crippen LogP contribution in [0.25, 0.3) is 11.0 Å². The molecular weight excluding hydrogens is 424 g/mol. The summed E-state index contributed by atoms with van der Waals surface area (Å²) in [6.45, 7) is 1.80. The number of hydrogen-bond acceptors (Lipinski definition) is 9. The van der Waals surface area contributed by atoms with E-state index in [0.29, 0.717) is 11.5 Å². The van der Waals surface area contributed by atoms with Gasteiger partial charge in [0, 0.05) is 5.22 Å². The highest BCUT2D eigenvalue weighted by molar-refractivity contribution is 8.10. The van der Waals surface area contributed by atoms with Crippen molar-refractivity contribution < 1.29 is 32.7 Å². The fraction of sp³-hybridized carbons (Fsp3) is 0.190. The quantitative estimate of drug-likeness (QED) is 0.587. The molecular formula is C21H18N2O7S. The maximum Gasteiger partial charge on any atom is 0.357 e. The van der Waals surface area contributed by atoms with E-state index >= 15 is 0 Å². The van der Waals surface area contributed by atoms with Crippen molar-refractivity contribution in [1.29, 1.82) is 0 Å². The summed E-state index contributed by atoms with van der Waals surface area (Å²) >= 11 is 0.976. The topological polar surface area (TPSA) is 127 Å². The number of carbonyl (C=O) groups is 3. The Labute approximate surface area is 180 Å². The number of ether oxygens (including phenoxy) is 2. The smallest absolute Gasteiger partial charge is 0.357 e. The van der Waals surface area contributed by atoms with Gasteiger partial charge in [-0.3, -0.25) is 9.36 Å². The molecule has 0 amide bonds. The molecule has 0 fully saturated rings. The molecule has 3 aromatic rings. The lowest BCUT2D eigenvalue weighted by Crippen LogP contribution is -2.42. The minimum absolute atomic E-state index is 0.0194. The van der Waals surface area contributed by atoms with E-state index in [4.69, 9.17) is 24.0 Å². The Kier molecular flexibility index (Phi) is 5.47. The number of nitrogens with two attached hydrogens (primary N) is 1. The summed E-state index contributed by atoms with van der Waals surface area (Å²) in [7, 11) is 1.18. The minimum atomic E-state index is -0.923. The third-order valence-corrected chi connectivity index (χ3v) is 5.88. The second-order valence-electron chi connectivity index (χ2n) is 6.41. The molecule has 0 unspecified atom stereocenters. The number of rotatable bonds is 5. The van der Waals surface area contributed by atoms with Crippen LogP contribution in [-0.4, -0.2) is 36.1 Å². The van der Waals surface area contributed by atoms with Crippen LogP contribution in [0, 0.1) is 0 Å². The van der Waals surface area contributed by atoms with Gasteiger partial charge in [-0.05, 0) is 37.3 Å². The SMILES string of the molecule is CCOC(=O)C1=c2/c(=C/c3ccco3)c(N)c(C(=O)OC)n2C(=O)[C@@H](c2ccco2)S1. The molecule has 0 spiro atoms. The zero-order valence-electron chi connectivity index (χ0n) is 16.6. The van der Waals surface area contributed by atoms with Crippen molar-refractivity contribution in [1.82, 2.24) is 4.57 Å². The number of fused-ring (bicyclic) bond motifs is 1. The van der Waals surface area contributed by atoms with Crippen LogP contribution in [-0.2, 0) is 14.3 Å². The minimum Gasteiger partial charge on any atom is -0.468 e. The number of carbonyl (C=O) groups excluding carboxylic acids is 3. The van der Waals surface area contributed by atoms with E-state index in [9.17, 15) is 14.4 Å². The molecule has 4 heterocycles. The molecule has 0 aliphatic carbocycles. The number of esters is 2. The molecule has 4 rings (SSSR count). The lowest BCUT2D eigenvalue weighted by Gasteiger charge is -2.21. The predicted molar refractivity (Wildman–Crippen MR) is 111 cm³/mol. The summed E-state index contributed by atoms with van der Waals surface area (Å²) < 4.78 is 22.0. The lowest BCUT2D eigenvalue weighted by atomic mass is 10.2. The first-order valence-electron chi connectivity index (χ1n) is 9.27. The maximum absolute atomic E-state index is 13.5. The van der Waals surface area contributed by atoms with Crippen molar-refractivity contribution in [2.45, 2.75) is 12.2 Å². The molecule has 1 aliphatic heterocycles. The van der Waals surface area contributed by atoms with E-state index in [1.165, 1.54) is 19.6 Å². The molecule has 3 aromatic heterocycles. The second kappa shape index (κ2) is 8.23. The van der Waals surface area contributed by atoms with Crippen LogP contribution in [0.5, 0.6) is 0 Å². The molecule has 1 atom stereocenters. The second-order valence-corrected chi connectivity index (χ2v) is 7.53. The zero-order valence-corrected chi connectivity index (χ0v) is 17.4. The van der Waals surface area contributed by atoms with Crippen molar-refractivity contribution in [3.63, 3.8) is 0 Å². The number of nitrogens with zero attached hydrogens (tertiary/aromatic N) is 1. The average Bonchev–Trinajstić information content (AvgIpc) is 3.51. The van der Waals surface area contributed by atoms with E-state index in [2.05, 4.69) is 0 Å². The Bertz CT molecular complexity index is 1270. The Hall–Kier alpha value is -3.66. The first kappa shape index (κ1) is 20.6. The Morgan fingerprint density at radius 2 is 1.97 bits per heavy atom. The monoisotopic (exact) mass is 442 g/mol. The van der Waals surface area contributed by atoms with Gasteiger partial charge in [0.25, 0.3) is 5.91 Å². The van der Waals surface area contributed by atoms with Crippen molar-refractivity contribution in [3.05, 3.63) is 64.6 Å². The summed E-state index contributed by atoms with van der Waals surface area (Å²) in [5.74, 6) is -1.23. The third kappa shape index (κ3) is 3.44. The number of nitrogen functional groups attached to an aromatic ring is 1. The molecule has 1 aliphatic rings. The van der Waals surface area contributed by atoms with Crippen LogP contribution < -0.4 is 16.3 Å². The van der Waals surface area contributed by atoms with Gasteiger partial charge in [-0.15, -0.1) is 0 Å². The molecule has 2 N–H and O–H groups in total. The first-order valence-corrected chi connectivity index (χ1v) is 10.1. The van der Waals surface area contributed by atoms with Gasteiger partial charge >= 0.3 is 11.9 Å². The number of hydrogen-bond donors (Lipinski definition) is 1. The molecule has 0 bridgehead atoms. The molecule has 0 radical (unpaired) electrons. The van der Waals surface area contributed by atoms with Crippen molar-refractivity contribution in [2.24, 2.45) is 0 Å². The van der Waals surface area contributed by atoms with E-state index in [-0.39, 0.29) is 33.5 Å². The fourth-order valence-corrected chi connectivity index (χ4v) is 4.47. The van der Waals surface area contributed by atoms with E-state index in [1.54, 1.807) is 37.3 Å². The first-order chi connectivity index (χ1) is 15.0. The highest BCUT2D eigenvalue weighted by Crippen LogP contribution is 2.39. The van der Waals surface area contributed by atoms with E-state index in [1.807, 2.05) is 0 Å². The average molecular weight is 442 g/mol. The Morgan fingerprint density at radius 1 is 1.23 bits per heavy atom. The van der Waals surface area contributed by atoms with Gasteiger partial charge in [-0.2, -0.15) is 0 Å². The van der Waals surface area contributed by atoms with Crippen molar-refractivity contribution in [3.8, 4) is 0 Å². The Balaban J connectivity index is 2.12. The Morgan fingerprint density at radius 3 is 2.58 bits per heavy atom. The van der Waals surface area contributed by atoms with Gasteiger partial charge < -0.3 is 24.0 Å². The van der Waals surface area contributed by atoms with Gasteiger partial charge in [0.1, 0.15) is 21.7 Å². The van der Waals surface area contributed by atoms with Gasteiger partial charge in [0.2, 0.25) is 0 Å². The molecule has 10 heteroatoms. The molecule has 0 aromatic carbocycles. The largest absolute Gasteiger partial charge is 0.468 e. The standard InChI is InChI=1S/C21H18N2O7S/c1-3-28-21(26)18-15-12(10-11-6-4-8-29-11)14(22)16(20(25)27-2)23(15)19(24)17(31-18)13-7-5-9-30-13/h4-10,17H,3,22H2,1-2H3/b12-10+/t17-/m1/s1. The van der Waals surface area contributed by atoms with Gasteiger partial charge in [-0.25, -0.2) is 9.59 Å². The maximum atomic E-state index is 13.5. The van der Waals surface area contributed by atoms with Gasteiger partial charge in [-0.1, -0.05) is 11.8 Å². The molecule has 9 nitrogen and oxygen atoms in total. The molecule has 0 saturated carbocycles. The summed E-state index contributed by atoms with van der Waals surface area (Å²) in [6.07, 6.45) is 4.44. The van der Waals surface area contributed by atoms with Crippen LogP contribution in [0.1, 0.15) is 39.0 Å². The lowest BCUT2D eigenvalue weighted by molar-refractivity contribution is -0.135. The molecule has 31 heavy (non-hydrogen) atoms. The number of anilines is 1. The highest BCUT2D eigenvalue weighted by Gasteiger charge is 2.39. The summed E-state index contributed by atoms with van der Waals surface area (Å²) in [5, 5.41) is -0.503. The van der Waals surface area contributed by atoms with Crippen LogP contribution in [0.2, 0.25) is 0 Å². The van der Waals surface area contributed by atoms with Crippen molar-refractivity contribution >= 4 is 46.3 Å². The predicted octanol–water partition coefficient (Wildman–Crippen LogP) is 1.67. The van der Waals surface area contributed by atoms with Crippen LogP contribution in [0.3, 0.4) is 0 Å². The van der Waals surface area contributed by atoms with E-state index in [0.717, 1.165) is 16.3 Å². The number of aromatic nitrogens is 1. The number of furan rings is 2. The number of methoxy groups -OCH3 is 1. The van der Waals surface area contributed by atoms with Gasteiger partial charge in [0.05, 0.1) is 37.3 Å². The molecule has 0 saturated heterocycles. The summed E-state index contributed by atoms with van der Waals surface area (Å²) in [5.41, 5.74) is 6.09. The van der Waals surface area contributed by atoms with Crippen LogP contribution in [0.4, 0.5) is 5.69 Å².